The van der Waals surface area contributed by atoms with Gasteiger partial charge in [-0.05, 0) is 48.9 Å². The fourth-order valence-corrected chi connectivity index (χ4v) is 5.85. The lowest BCUT2D eigenvalue weighted by Crippen LogP contribution is -2.58. The van der Waals surface area contributed by atoms with Gasteiger partial charge in [-0.15, -0.1) is 0 Å². The van der Waals surface area contributed by atoms with Gasteiger partial charge in [0.05, 0.1) is 18.6 Å². The normalized spacial score (nSPS) is 17.0. The first kappa shape index (κ1) is 31.7. The zero-order valence-corrected chi connectivity index (χ0v) is 25.0. The molecule has 2 fully saturated rings. The van der Waals surface area contributed by atoms with Crippen molar-refractivity contribution >= 4 is 33.8 Å². The first-order valence-electron chi connectivity index (χ1n) is 13.6. The van der Waals surface area contributed by atoms with Crippen LogP contribution in [0.3, 0.4) is 0 Å². The van der Waals surface area contributed by atoms with Gasteiger partial charge < -0.3 is 24.3 Å². The van der Waals surface area contributed by atoms with Crippen LogP contribution < -0.4 is 0 Å². The van der Waals surface area contributed by atoms with E-state index < -0.39 is 29.6 Å². The molecule has 0 spiro atoms. The van der Waals surface area contributed by atoms with Gasteiger partial charge in [0.1, 0.15) is 5.82 Å². The third-order valence-electron chi connectivity index (χ3n) is 7.78. The van der Waals surface area contributed by atoms with Gasteiger partial charge in [-0.2, -0.15) is 13.2 Å². The molecule has 0 saturated carbocycles. The molecule has 42 heavy (non-hydrogen) atoms. The third-order valence-corrected chi connectivity index (χ3v) is 8.24. The summed E-state index contributed by atoms with van der Waals surface area (Å²) < 4.78 is 58.4. The van der Waals surface area contributed by atoms with E-state index in [-0.39, 0.29) is 34.3 Å². The van der Waals surface area contributed by atoms with Crippen LogP contribution in [-0.2, 0) is 15.7 Å². The van der Waals surface area contributed by atoms with E-state index in [2.05, 4.69) is 20.8 Å². The molecule has 0 aliphatic carbocycles. The van der Waals surface area contributed by atoms with Crippen molar-refractivity contribution in [2.45, 2.75) is 18.5 Å². The summed E-state index contributed by atoms with van der Waals surface area (Å²) in [7, 11) is 2.86. The fraction of sp³-hybridized carbons (Fsp3) is 0.483. The average molecular weight is 658 g/mol. The van der Waals surface area contributed by atoms with Gasteiger partial charge in [0.2, 0.25) is 5.91 Å². The van der Waals surface area contributed by atoms with Crippen LogP contribution >= 0.6 is 15.9 Å². The monoisotopic (exact) mass is 656 g/mol. The highest BCUT2D eigenvalue weighted by Gasteiger charge is 2.37. The summed E-state index contributed by atoms with van der Waals surface area (Å²) in [6.45, 7) is 3.77. The number of likely N-dealkylation sites (N-methyl/N-ethyl adjacent to an activating group) is 1. The number of halogens is 5. The van der Waals surface area contributed by atoms with Crippen LogP contribution in [-0.4, -0.2) is 104 Å². The molecule has 1 unspecified atom stereocenters. The summed E-state index contributed by atoms with van der Waals surface area (Å²) in [5.74, 6) is -1.25. The molecule has 2 heterocycles. The highest BCUT2D eigenvalue weighted by Crippen LogP contribution is 2.33. The molecule has 228 valence electrons. The number of ether oxygens (including phenoxy) is 1. The molecule has 2 aromatic carbocycles. The van der Waals surface area contributed by atoms with Gasteiger partial charge in [0.15, 0.2) is 0 Å². The quantitative estimate of drug-likeness (QED) is 0.386. The molecule has 0 bridgehead atoms. The molecule has 4 rings (SSSR count). The van der Waals surface area contributed by atoms with Crippen LogP contribution in [0.5, 0.6) is 0 Å². The van der Waals surface area contributed by atoms with E-state index in [1.807, 2.05) is 0 Å². The predicted molar refractivity (Wildman–Crippen MR) is 150 cm³/mol. The van der Waals surface area contributed by atoms with Crippen molar-refractivity contribution in [1.82, 2.24) is 19.6 Å². The number of methoxy groups -OCH3 is 1. The van der Waals surface area contributed by atoms with E-state index >= 15 is 0 Å². The molecule has 0 radical (unpaired) electrons. The van der Waals surface area contributed by atoms with Crippen LogP contribution in [0.25, 0.3) is 0 Å². The molecule has 8 nitrogen and oxygen atoms in total. The number of carbonyl (C=O) groups excluding carboxylic acids is 3. The number of alkyl halides is 3. The Morgan fingerprint density at radius 1 is 1.02 bits per heavy atom. The number of amides is 3. The second-order valence-electron chi connectivity index (χ2n) is 10.7. The van der Waals surface area contributed by atoms with Crippen molar-refractivity contribution in [2.75, 3.05) is 66.5 Å². The Morgan fingerprint density at radius 3 is 2.24 bits per heavy atom. The Morgan fingerprint density at radius 2 is 1.64 bits per heavy atom. The van der Waals surface area contributed by atoms with Gasteiger partial charge in [-0.3, -0.25) is 9.59 Å². The summed E-state index contributed by atoms with van der Waals surface area (Å²) >= 11 is 3.06. The number of hydrogen-bond acceptors (Lipinski definition) is 5. The molecular weight excluding hydrogens is 624 g/mol. The van der Waals surface area contributed by atoms with Gasteiger partial charge in [-0.1, -0.05) is 28.1 Å². The van der Waals surface area contributed by atoms with Crippen molar-refractivity contribution < 1.29 is 36.7 Å². The Labute approximate surface area is 250 Å². The minimum atomic E-state index is -4.60. The van der Waals surface area contributed by atoms with Gasteiger partial charge in [-0.25, -0.2) is 9.18 Å². The van der Waals surface area contributed by atoms with Crippen molar-refractivity contribution in [2.24, 2.45) is 5.92 Å². The minimum Gasteiger partial charge on any atom is -0.453 e. The number of nitrogens with zero attached hydrogens (tertiary/aromatic N) is 4. The van der Waals surface area contributed by atoms with Crippen molar-refractivity contribution in [3.63, 3.8) is 0 Å². The zero-order valence-electron chi connectivity index (χ0n) is 23.4. The van der Waals surface area contributed by atoms with Crippen LogP contribution in [0, 0.1) is 11.7 Å². The minimum absolute atomic E-state index is 0.0587. The van der Waals surface area contributed by atoms with E-state index in [0.717, 1.165) is 17.7 Å². The SMILES string of the molecule is COC(=O)N1CCN(C(=O)C2CN(CCC(CN(C)C(=O)c3cc(Br)cc(C(F)(F)F)c3)c3ccc(F)cc3)C2)CC1. The number of likely N-dealkylation sites (tertiary alicyclic amines) is 1. The summed E-state index contributed by atoms with van der Waals surface area (Å²) in [6.07, 6.45) is -4.40. The van der Waals surface area contributed by atoms with Crippen LogP contribution in [0.4, 0.5) is 22.4 Å². The highest BCUT2D eigenvalue weighted by molar-refractivity contribution is 9.10. The number of piperazine rings is 1. The molecular formula is C29H33BrF4N4O4. The van der Waals surface area contributed by atoms with Gasteiger partial charge >= 0.3 is 12.3 Å². The van der Waals surface area contributed by atoms with Crippen molar-refractivity contribution in [3.05, 3.63) is 69.4 Å². The molecule has 0 aromatic heterocycles. The lowest BCUT2D eigenvalue weighted by molar-refractivity contribution is -0.142. The van der Waals surface area contributed by atoms with E-state index in [0.29, 0.717) is 52.2 Å². The largest absolute Gasteiger partial charge is 0.453 e. The summed E-state index contributed by atoms with van der Waals surface area (Å²) in [6, 6.07) is 9.09. The van der Waals surface area contributed by atoms with Crippen LogP contribution in [0.15, 0.2) is 46.9 Å². The summed E-state index contributed by atoms with van der Waals surface area (Å²) in [4.78, 5) is 44.6. The third kappa shape index (κ3) is 7.80. The smallest absolute Gasteiger partial charge is 0.416 e. The predicted octanol–water partition coefficient (Wildman–Crippen LogP) is 4.70. The topological polar surface area (TPSA) is 73.4 Å². The second kappa shape index (κ2) is 13.4. The Balaban J connectivity index is 1.35. The molecule has 2 aliphatic rings. The van der Waals surface area contributed by atoms with E-state index in [1.54, 1.807) is 21.9 Å². The van der Waals surface area contributed by atoms with Crippen LogP contribution in [0.1, 0.15) is 33.8 Å². The number of benzene rings is 2. The number of rotatable bonds is 8. The molecule has 2 aliphatic heterocycles. The van der Waals surface area contributed by atoms with E-state index in [4.69, 9.17) is 4.74 Å². The molecule has 13 heteroatoms. The maximum atomic E-state index is 13.6. The fourth-order valence-electron chi connectivity index (χ4n) is 5.35. The standard InChI is InChI=1S/C29H33BrF4N4O4/c1-35(26(39)21-13-23(29(32,33)34)15-24(30)14-21)16-20(19-3-5-25(31)6-4-19)7-8-36-17-22(18-36)27(40)37-9-11-38(12-10-37)28(41)42-2/h3-6,13-15,20,22H,7-12,16-18H2,1-2H3. The highest BCUT2D eigenvalue weighted by atomic mass is 79.9. The lowest BCUT2D eigenvalue weighted by atomic mass is 9.92. The summed E-state index contributed by atoms with van der Waals surface area (Å²) in [5, 5.41) is 0. The van der Waals surface area contributed by atoms with E-state index in [9.17, 15) is 31.9 Å². The maximum Gasteiger partial charge on any atom is 0.416 e. The van der Waals surface area contributed by atoms with Gasteiger partial charge in [0, 0.05) is 68.8 Å². The van der Waals surface area contributed by atoms with Crippen LogP contribution in [0.2, 0.25) is 0 Å². The molecule has 2 saturated heterocycles. The Bertz CT molecular complexity index is 1280. The number of carbonyl (C=O) groups is 3. The molecule has 3 amide bonds. The lowest BCUT2D eigenvalue weighted by Gasteiger charge is -2.43. The van der Waals surface area contributed by atoms with E-state index in [1.165, 1.54) is 37.3 Å². The first-order valence-corrected chi connectivity index (χ1v) is 14.4. The zero-order chi connectivity index (χ0) is 30.6. The first-order chi connectivity index (χ1) is 19.8. The summed E-state index contributed by atoms with van der Waals surface area (Å²) in [5.41, 5.74) is -0.206. The average Bonchev–Trinajstić information content (AvgIpc) is 2.94. The molecule has 1 atom stereocenters. The van der Waals surface area contributed by atoms with Crippen molar-refractivity contribution in [1.29, 1.82) is 0 Å². The Kier molecular flexibility index (Phi) is 10.1. The van der Waals surface area contributed by atoms with Crippen molar-refractivity contribution in [3.8, 4) is 0 Å². The van der Waals surface area contributed by atoms with Gasteiger partial charge in [0.25, 0.3) is 5.91 Å². The molecule has 2 aromatic rings. The Hall–Kier alpha value is -3.19. The molecule has 0 N–H and O–H groups in total. The second-order valence-corrected chi connectivity index (χ2v) is 11.6. The number of hydrogen-bond donors (Lipinski definition) is 0. The maximum absolute atomic E-state index is 13.6.